The number of rotatable bonds is 5. The highest BCUT2D eigenvalue weighted by atomic mass is 35.5. The van der Waals surface area contributed by atoms with Gasteiger partial charge in [-0.3, -0.25) is 4.98 Å². The second-order valence-electron chi connectivity index (χ2n) is 5.68. The Morgan fingerprint density at radius 1 is 1.04 bits per heavy atom. The smallest absolute Gasteiger partial charge is 0.154 e. The third kappa shape index (κ3) is 3.46. The van der Waals surface area contributed by atoms with Crippen molar-refractivity contribution in [2.24, 2.45) is 0 Å². The maximum atomic E-state index is 6.10. The lowest BCUT2D eigenvalue weighted by atomic mass is 10.2. The molecule has 0 spiro atoms. The van der Waals surface area contributed by atoms with Crippen LogP contribution >= 0.6 is 11.6 Å². The molecule has 0 radical (unpaired) electrons. The van der Waals surface area contributed by atoms with E-state index in [1.54, 1.807) is 6.20 Å². The van der Waals surface area contributed by atoms with Crippen LogP contribution in [0.5, 0.6) is 0 Å². The fourth-order valence-electron chi connectivity index (χ4n) is 2.69. The van der Waals surface area contributed by atoms with Crippen molar-refractivity contribution in [1.82, 2.24) is 19.6 Å². The second-order valence-corrected chi connectivity index (χ2v) is 6.12. The fourth-order valence-corrected chi connectivity index (χ4v) is 2.88. The summed E-state index contributed by atoms with van der Waals surface area (Å²) in [6, 6.07) is 15.6. The highest BCUT2D eigenvalue weighted by molar-refractivity contribution is 6.30. The van der Waals surface area contributed by atoms with Crippen LogP contribution in [0.2, 0.25) is 5.02 Å². The van der Waals surface area contributed by atoms with E-state index in [2.05, 4.69) is 26.4 Å². The van der Waals surface area contributed by atoms with Crippen LogP contribution in [-0.2, 0) is 6.42 Å². The van der Waals surface area contributed by atoms with Gasteiger partial charge < -0.3 is 5.32 Å². The molecule has 0 saturated carbocycles. The minimum absolute atomic E-state index is 0.693. The van der Waals surface area contributed by atoms with Gasteiger partial charge in [0.1, 0.15) is 5.82 Å². The first-order valence-electron chi connectivity index (χ1n) is 8.03. The number of fused-ring (bicyclic) bond motifs is 1. The zero-order valence-corrected chi connectivity index (χ0v) is 14.2. The third-order valence-electron chi connectivity index (χ3n) is 3.93. The Morgan fingerprint density at radius 2 is 2.00 bits per heavy atom. The van der Waals surface area contributed by atoms with Crippen molar-refractivity contribution in [2.45, 2.75) is 6.42 Å². The van der Waals surface area contributed by atoms with E-state index in [1.165, 1.54) is 5.56 Å². The number of hydrogen-bond donors (Lipinski definition) is 1. The second kappa shape index (κ2) is 6.91. The number of nitrogens with one attached hydrogen (secondary N) is 1. The summed E-state index contributed by atoms with van der Waals surface area (Å²) < 4.78 is 1.83. The molecule has 0 fully saturated rings. The van der Waals surface area contributed by atoms with Gasteiger partial charge in [0, 0.05) is 29.5 Å². The molecular weight excluding hydrogens is 334 g/mol. The number of imidazole rings is 1. The summed E-state index contributed by atoms with van der Waals surface area (Å²) in [4.78, 5) is 8.55. The first kappa shape index (κ1) is 15.6. The lowest BCUT2D eigenvalue weighted by molar-refractivity contribution is 0.918. The lowest BCUT2D eigenvalue weighted by Gasteiger charge is -2.07. The van der Waals surface area contributed by atoms with E-state index in [0.29, 0.717) is 5.02 Å². The predicted molar refractivity (Wildman–Crippen MR) is 99.9 cm³/mol. The Bertz CT molecular complexity index is 997. The van der Waals surface area contributed by atoms with Crippen molar-refractivity contribution < 1.29 is 0 Å². The number of nitrogens with zero attached hydrogens (tertiary/aromatic N) is 4. The van der Waals surface area contributed by atoms with Crippen LogP contribution in [0.1, 0.15) is 5.56 Å². The van der Waals surface area contributed by atoms with Crippen LogP contribution < -0.4 is 5.32 Å². The Morgan fingerprint density at radius 3 is 2.84 bits per heavy atom. The minimum Gasteiger partial charge on any atom is -0.368 e. The van der Waals surface area contributed by atoms with Crippen LogP contribution in [-0.4, -0.2) is 26.1 Å². The van der Waals surface area contributed by atoms with Gasteiger partial charge in [0.15, 0.2) is 5.65 Å². The number of halogens is 1. The monoisotopic (exact) mass is 349 g/mol. The quantitative estimate of drug-likeness (QED) is 0.589. The van der Waals surface area contributed by atoms with Gasteiger partial charge in [-0.25, -0.2) is 9.50 Å². The van der Waals surface area contributed by atoms with Crippen LogP contribution in [0.3, 0.4) is 0 Å². The summed E-state index contributed by atoms with van der Waals surface area (Å²) in [7, 11) is 0. The zero-order valence-electron chi connectivity index (χ0n) is 13.4. The summed E-state index contributed by atoms with van der Waals surface area (Å²) in [6.07, 6.45) is 6.36. The van der Waals surface area contributed by atoms with Crippen LogP contribution in [0.25, 0.3) is 16.9 Å². The van der Waals surface area contributed by atoms with Crippen molar-refractivity contribution in [2.75, 3.05) is 11.9 Å². The molecule has 0 bridgehead atoms. The molecular formula is C19H16ClN5. The van der Waals surface area contributed by atoms with Gasteiger partial charge in [-0.05, 0) is 42.3 Å². The van der Waals surface area contributed by atoms with Crippen molar-refractivity contribution in [3.63, 3.8) is 0 Å². The molecule has 0 atom stereocenters. The maximum Gasteiger partial charge on any atom is 0.154 e. The van der Waals surface area contributed by atoms with Gasteiger partial charge in [-0.15, -0.1) is 5.10 Å². The summed E-state index contributed by atoms with van der Waals surface area (Å²) in [6.45, 7) is 0.783. The summed E-state index contributed by atoms with van der Waals surface area (Å²) in [5.41, 5.74) is 3.89. The van der Waals surface area contributed by atoms with E-state index in [-0.39, 0.29) is 0 Å². The molecule has 3 aromatic heterocycles. The average Bonchev–Trinajstić information content (AvgIpc) is 3.06. The van der Waals surface area contributed by atoms with Gasteiger partial charge in [0.2, 0.25) is 0 Å². The standard InChI is InChI=1S/C19H16ClN5/c20-16-5-1-4-15(11-16)17-13-23-19-7-6-18(24-25(17)19)22-10-8-14-3-2-9-21-12-14/h1-7,9,11-13H,8,10H2,(H,22,24). The normalized spacial score (nSPS) is 10.9. The molecule has 6 heteroatoms. The van der Waals surface area contributed by atoms with Crippen LogP contribution in [0.4, 0.5) is 5.82 Å². The van der Waals surface area contributed by atoms with Gasteiger partial charge >= 0.3 is 0 Å². The van der Waals surface area contributed by atoms with E-state index in [0.717, 1.165) is 35.7 Å². The Labute approximate surface area is 150 Å². The van der Waals surface area contributed by atoms with Gasteiger partial charge in [-0.1, -0.05) is 29.8 Å². The van der Waals surface area contributed by atoms with E-state index in [9.17, 15) is 0 Å². The number of anilines is 1. The van der Waals surface area contributed by atoms with Crippen molar-refractivity contribution in [3.8, 4) is 11.3 Å². The van der Waals surface area contributed by atoms with Gasteiger partial charge in [0.25, 0.3) is 0 Å². The first-order valence-corrected chi connectivity index (χ1v) is 8.41. The largest absolute Gasteiger partial charge is 0.368 e. The van der Waals surface area contributed by atoms with Gasteiger partial charge in [0.05, 0.1) is 11.9 Å². The van der Waals surface area contributed by atoms with E-state index in [4.69, 9.17) is 11.6 Å². The molecule has 0 aliphatic rings. The summed E-state index contributed by atoms with van der Waals surface area (Å²) in [5, 5.41) is 8.70. The Hall–Kier alpha value is -2.92. The fraction of sp³-hybridized carbons (Fsp3) is 0.105. The molecule has 124 valence electrons. The molecule has 0 amide bonds. The molecule has 4 aromatic rings. The number of hydrogen-bond acceptors (Lipinski definition) is 4. The van der Waals surface area contributed by atoms with Gasteiger partial charge in [-0.2, -0.15) is 0 Å². The molecule has 5 nitrogen and oxygen atoms in total. The SMILES string of the molecule is Clc1cccc(-c2cnc3ccc(NCCc4cccnc4)nn23)c1. The molecule has 0 aliphatic carbocycles. The Kier molecular flexibility index (Phi) is 4.31. The number of aromatic nitrogens is 4. The first-order chi connectivity index (χ1) is 12.3. The number of pyridine rings is 1. The van der Waals surface area contributed by atoms with Crippen LogP contribution in [0, 0.1) is 0 Å². The van der Waals surface area contributed by atoms with Crippen molar-refractivity contribution >= 4 is 23.1 Å². The van der Waals surface area contributed by atoms with E-state index in [1.807, 2.05) is 59.4 Å². The average molecular weight is 350 g/mol. The lowest BCUT2D eigenvalue weighted by Crippen LogP contribution is -2.08. The summed E-state index contributed by atoms with van der Waals surface area (Å²) >= 11 is 6.10. The molecule has 3 heterocycles. The molecule has 0 saturated heterocycles. The molecule has 0 unspecified atom stereocenters. The topological polar surface area (TPSA) is 55.1 Å². The van der Waals surface area contributed by atoms with E-state index < -0.39 is 0 Å². The Balaban J connectivity index is 1.56. The molecule has 1 aromatic carbocycles. The van der Waals surface area contributed by atoms with Crippen molar-refractivity contribution in [1.29, 1.82) is 0 Å². The minimum atomic E-state index is 0.693. The molecule has 1 N–H and O–H groups in total. The van der Waals surface area contributed by atoms with Crippen molar-refractivity contribution in [3.05, 3.63) is 77.7 Å². The van der Waals surface area contributed by atoms with Crippen LogP contribution in [0.15, 0.2) is 67.1 Å². The van der Waals surface area contributed by atoms with E-state index >= 15 is 0 Å². The summed E-state index contributed by atoms with van der Waals surface area (Å²) in [5.74, 6) is 0.803. The third-order valence-corrected chi connectivity index (χ3v) is 4.16. The molecule has 0 aliphatic heterocycles. The highest BCUT2D eigenvalue weighted by Gasteiger charge is 2.08. The highest BCUT2D eigenvalue weighted by Crippen LogP contribution is 2.23. The zero-order chi connectivity index (χ0) is 17.1. The predicted octanol–water partition coefficient (Wildman–Crippen LogP) is 4.10. The maximum absolute atomic E-state index is 6.10. The molecule has 4 rings (SSSR count). The number of benzene rings is 1. The molecule has 25 heavy (non-hydrogen) atoms.